The van der Waals surface area contributed by atoms with Crippen LogP contribution in [0.4, 0.5) is 0 Å². The lowest BCUT2D eigenvalue weighted by molar-refractivity contribution is 0.191. The predicted octanol–water partition coefficient (Wildman–Crippen LogP) is 4.35. The largest absolute Gasteiger partial charge is 0.109 e. The van der Waals surface area contributed by atoms with Crippen molar-refractivity contribution in [1.29, 1.82) is 0 Å². The van der Waals surface area contributed by atoms with Crippen molar-refractivity contribution in [2.75, 3.05) is 0 Å². The van der Waals surface area contributed by atoms with E-state index in [-0.39, 0.29) is 0 Å². The number of rotatable bonds is 1. The van der Waals surface area contributed by atoms with Gasteiger partial charge in [-0.05, 0) is 11.8 Å². The highest BCUT2D eigenvalue weighted by atomic mass is 14.4. The third-order valence-corrected chi connectivity index (χ3v) is 5.68. The van der Waals surface area contributed by atoms with E-state index in [2.05, 4.69) is 14.8 Å². The summed E-state index contributed by atoms with van der Waals surface area (Å²) >= 11 is 0. The predicted molar refractivity (Wildman–Crippen MR) is 74.7 cm³/mol. The Bertz CT molecular complexity index is 213. The molecule has 0 aromatic heterocycles. The summed E-state index contributed by atoms with van der Waals surface area (Å²) in [4.78, 5) is 0. The van der Waals surface area contributed by atoms with E-state index in [1.807, 2.05) is 0 Å². The molecule has 0 aromatic rings. The average Bonchev–Trinajstić information content (AvgIpc) is 2.39. The Hall–Kier alpha value is 0.0649. The van der Waals surface area contributed by atoms with Gasteiger partial charge in [0.15, 0.2) is 0 Å². The number of hydrogen-bond donors (Lipinski definition) is 0. The minimum atomic E-state index is 0.679. The quantitative estimate of drug-likeness (QED) is 0.576. The molecule has 2 rings (SSSR count). The van der Waals surface area contributed by atoms with E-state index in [1.165, 1.54) is 57.8 Å². The molecular formula is C15H29B. The zero-order chi connectivity index (χ0) is 11.4. The second-order valence-corrected chi connectivity index (χ2v) is 6.61. The summed E-state index contributed by atoms with van der Waals surface area (Å²) < 4.78 is 0. The Balaban J connectivity index is 2.13. The highest BCUT2D eigenvalue weighted by molar-refractivity contribution is 6.15. The molecule has 16 heavy (non-hydrogen) atoms. The van der Waals surface area contributed by atoms with Crippen molar-refractivity contribution in [3.63, 3.8) is 0 Å². The van der Waals surface area contributed by atoms with Gasteiger partial charge in [-0.1, -0.05) is 82.9 Å². The molecule has 3 unspecified atom stereocenters. The fourth-order valence-corrected chi connectivity index (χ4v) is 4.38. The third-order valence-electron chi connectivity index (χ3n) is 5.68. The molecule has 0 aliphatic heterocycles. The smallest absolute Gasteiger partial charge is 0.0655 e. The molecule has 0 heterocycles. The second kappa shape index (κ2) is 5.60. The molecule has 2 saturated carbocycles. The molecule has 2 aliphatic rings. The summed E-state index contributed by atoms with van der Waals surface area (Å²) in [6.45, 7) is 2.43. The Morgan fingerprint density at radius 1 is 0.938 bits per heavy atom. The second-order valence-electron chi connectivity index (χ2n) is 6.61. The molecule has 0 aromatic carbocycles. The Morgan fingerprint density at radius 3 is 2.25 bits per heavy atom. The van der Waals surface area contributed by atoms with Gasteiger partial charge in [0.25, 0.3) is 0 Å². The van der Waals surface area contributed by atoms with Gasteiger partial charge in [-0.15, -0.1) is 0 Å². The van der Waals surface area contributed by atoms with Crippen molar-refractivity contribution in [2.45, 2.75) is 82.9 Å². The summed E-state index contributed by atoms with van der Waals surface area (Å²) in [5, 5.41) is 0.679. The van der Waals surface area contributed by atoms with Crippen molar-refractivity contribution < 1.29 is 0 Å². The molecular weight excluding hydrogens is 191 g/mol. The lowest BCUT2D eigenvalue weighted by Gasteiger charge is -2.41. The van der Waals surface area contributed by atoms with Crippen LogP contribution in [0.2, 0.25) is 5.31 Å². The van der Waals surface area contributed by atoms with Crippen LogP contribution in [0.15, 0.2) is 0 Å². The molecule has 0 radical (unpaired) electrons. The van der Waals surface area contributed by atoms with Gasteiger partial charge in [-0.25, -0.2) is 0 Å². The molecule has 92 valence electrons. The number of hydrogen-bond acceptors (Lipinski definition) is 0. The minimum Gasteiger partial charge on any atom is -0.0655 e. The van der Waals surface area contributed by atoms with E-state index in [0.29, 0.717) is 5.31 Å². The molecule has 0 bridgehead atoms. The maximum Gasteiger partial charge on any atom is 0.109 e. The molecule has 0 amide bonds. The van der Waals surface area contributed by atoms with Crippen LogP contribution in [0.25, 0.3) is 0 Å². The van der Waals surface area contributed by atoms with Crippen LogP contribution in [0, 0.1) is 11.8 Å². The van der Waals surface area contributed by atoms with Gasteiger partial charge in [-0.2, -0.15) is 0 Å². The Morgan fingerprint density at radius 2 is 1.56 bits per heavy atom. The van der Waals surface area contributed by atoms with Crippen LogP contribution < -0.4 is 0 Å². The Kier molecular flexibility index (Phi) is 4.38. The van der Waals surface area contributed by atoms with Crippen LogP contribution >= 0.6 is 0 Å². The zero-order valence-corrected chi connectivity index (χ0v) is 11.4. The molecule has 2 fully saturated rings. The van der Waals surface area contributed by atoms with E-state index in [9.17, 15) is 0 Å². The number of fused-ring (bicyclic) bond motifs is 1. The summed E-state index contributed by atoms with van der Waals surface area (Å²) in [5.41, 5.74) is 0. The van der Waals surface area contributed by atoms with Gasteiger partial charge in [0.1, 0.15) is 7.85 Å². The van der Waals surface area contributed by atoms with Gasteiger partial charge in [0.05, 0.1) is 0 Å². The van der Waals surface area contributed by atoms with Crippen LogP contribution in [0.3, 0.4) is 0 Å². The molecule has 1 heteroatoms. The van der Waals surface area contributed by atoms with Gasteiger partial charge in [-0.3, -0.25) is 0 Å². The first kappa shape index (κ1) is 12.5. The van der Waals surface area contributed by atoms with Crippen LogP contribution in [0.5, 0.6) is 0 Å². The van der Waals surface area contributed by atoms with Crippen LogP contribution in [-0.4, -0.2) is 7.85 Å². The van der Waals surface area contributed by atoms with Crippen LogP contribution in [-0.2, 0) is 0 Å². The molecule has 0 spiro atoms. The van der Waals surface area contributed by atoms with Crippen molar-refractivity contribution in [2.24, 2.45) is 11.8 Å². The zero-order valence-electron chi connectivity index (χ0n) is 11.4. The van der Waals surface area contributed by atoms with E-state index in [1.54, 1.807) is 12.8 Å². The highest BCUT2D eigenvalue weighted by Crippen LogP contribution is 2.52. The topological polar surface area (TPSA) is 0 Å². The summed E-state index contributed by atoms with van der Waals surface area (Å²) in [5.74, 6) is 2.13. The van der Waals surface area contributed by atoms with E-state index < -0.39 is 0 Å². The lowest BCUT2D eigenvalue weighted by Crippen LogP contribution is -2.29. The molecule has 0 nitrogen and oxygen atoms in total. The maximum absolute atomic E-state index is 2.59. The maximum atomic E-state index is 2.59. The van der Waals surface area contributed by atoms with Crippen LogP contribution in [0.1, 0.15) is 77.6 Å². The third kappa shape index (κ3) is 2.66. The first-order chi connectivity index (χ1) is 7.76. The van der Waals surface area contributed by atoms with Gasteiger partial charge in [0, 0.05) is 0 Å². The molecule has 0 N–H and O–H groups in total. The van der Waals surface area contributed by atoms with E-state index in [0.717, 1.165) is 11.8 Å². The van der Waals surface area contributed by atoms with Crippen molar-refractivity contribution in [3.8, 4) is 0 Å². The fraction of sp³-hybridized carbons (Fsp3) is 1.00. The summed E-state index contributed by atoms with van der Waals surface area (Å²) in [7, 11) is 2.59. The fourth-order valence-electron chi connectivity index (χ4n) is 4.38. The SMILES string of the molecule is BC1(CC)CCCCC2CCCCCCC21. The highest BCUT2D eigenvalue weighted by Gasteiger charge is 2.38. The average molecular weight is 220 g/mol. The standard InChI is InChI=1S/C15H29B/c1-2-15(16)12-8-7-10-13-9-5-3-4-6-11-14(13)15/h13-14H,2-12,16H2,1H3. The van der Waals surface area contributed by atoms with Gasteiger partial charge < -0.3 is 0 Å². The monoisotopic (exact) mass is 220 g/mol. The molecule has 3 atom stereocenters. The normalized spacial score (nSPS) is 41.6. The Labute approximate surface area is 103 Å². The van der Waals surface area contributed by atoms with Gasteiger partial charge >= 0.3 is 0 Å². The molecule has 0 saturated heterocycles. The lowest BCUT2D eigenvalue weighted by atomic mass is 9.53. The first-order valence-corrected chi connectivity index (χ1v) is 7.76. The van der Waals surface area contributed by atoms with Gasteiger partial charge in [0.2, 0.25) is 0 Å². The first-order valence-electron chi connectivity index (χ1n) is 7.76. The minimum absolute atomic E-state index is 0.679. The summed E-state index contributed by atoms with van der Waals surface area (Å²) in [6.07, 6.45) is 16.6. The van der Waals surface area contributed by atoms with Crippen molar-refractivity contribution in [3.05, 3.63) is 0 Å². The molecule has 2 aliphatic carbocycles. The van der Waals surface area contributed by atoms with Crippen molar-refractivity contribution in [1.82, 2.24) is 0 Å². The van der Waals surface area contributed by atoms with Crippen molar-refractivity contribution >= 4 is 7.85 Å². The summed E-state index contributed by atoms with van der Waals surface area (Å²) in [6, 6.07) is 0. The van der Waals surface area contributed by atoms with E-state index >= 15 is 0 Å². The van der Waals surface area contributed by atoms with E-state index in [4.69, 9.17) is 0 Å².